The van der Waals surface area contributed by atoms with Gasteiger partial charge >= 0.3 is 0 Å². The third-order valence-corrected chi connectivity index (χ3v) is 2.65. The number of nitrogens with zero attached hydrogens (tertiary/aromatic N) is 2. The van der Waals surface area contributed by atoms with Crippen molar-refractivity contribution in [1.82, 2.24) is 9.97 Å². The fraction of sp³-hybridized carbons (Fsp3) is 0. The summed E-state index contributed by atoms with van der Waals surface area (Å²) in [5.74, 6) is -0.387. The van der Waals surface area contributed by atoms with E-state index >= 15 is 0 Å². The fourth-order valence-electron chi connectivity index (χ4n) is 1.22. The van der Waals surface area contributed by atoms with E-state index in [0.29, 0.717) is 15.7 Å². The first kappa shape index (κ1) is 11.8. The van der Waals surface area contributed by atoms with Gasteiger partial charge in [0, 0.05) is 6.20 Å². The molecule has 0 aliphatic carbocycles. The number of carbonyl (C=O) groups excluding carboxylic acids is 1. The molecule has 0 atom stereocenters. The number of benzene rings is 1. The highest BCUT2D eigenvalue weighted by Crippen LogP contribution is 2.29. The fourth-order valence-corrected chi connectivity index (χ4v) is 1.71. The lowest BCUT2D eigenvalue weighted by molar-refractivity contribution is 0.102. The maximum Gasteiger partial charge on any atom is 0.274 e. The second-order valence-corrected chi connectivity index (χ2v) is 3.96. The molecular formula is C11H7Cl2N3O. The van der Waals surface area contributed by atoms with E-state index in [1.54, 1.807) is 18.2 Å². The van der Waals surface area contributed by atoms with Crippen LogP contribution in [-0.4, -0.2) is 15.9 Å². The van der Waals surface area contributed by atoms with Crippen LogP contribution in [0.2, 0.25) is 10.0 Å². The summed E-state index contributed by atoms with van der Waals surface area (Å²) in [4.78, 5) is 19.4. The lowest BCUT2D eigenvalue weighted by Crippen LogP contribution is -2.14. The van der Waals surface area contributed by atoms with Crippen molar-refractivity contribution in [3.63, 3.8) is 0 Å². The molecule has 0 radical (unpaired) electrons. The topological polar surface area (TPSA) is 54.9 Å². The first-order chi connectivity index (χ1) is 8.18. The molecule has 1 amide bonds. The molecule has 1 aromatic carbocycles. The van der Waals surface area contributed by atoms with Crippen LogP contribution in [0.15, 0.2) is 36.8 Å². The average molecular weight is 268 g/mol. The molecule has 0 saturated carbocycles. The van der Waals surface area contributed by atoms with Gasteiger partial charge in [0.05, 0.1) is 15.7 Å². The highest BCUT2D eigenvalue weighted by Gasteiger charge is 2.11. The second-order valence-electron chi connectivity index (χ2n) is 3.15. The molecule has 1 heterocycles. The SMILES string of the molecule is O=C(Nc1c(Cl)cccc1Cl)c1ccncn1. The van der Waals surface area contributed by atoms with Crippen LogP contribution in [0.25, 0.3) is 0 Å². The van der Waals surface area contributed by atoms with E-state index in [0.717, 1.165) is 0 Å². The van der Waals surface area contributed by atoms with Crippen LogP contribution < -0.4 is 5.32 Å². The Kier molecular flexibility index (Phi) is 3.56. The molecule has 2 rings (SSSR count). The van der Waals surface area contributed by atoms with Gasteiger partial charge in [-0.15, -0.1) is 0 Å². The van der Waals surface area contributed by atoms with Crippen molar-refractivity contribution < 1.29 is 4.79 Å². The largest absolute Gasteiger partial charge is 0.318 e. The Morgan fingerprint density at radius 3 is 2.47 bits per heavy atom. The summed E-state index contributed by atoms with van der Waals surface area (Å²) in [6.07, 6.45) is 2.78. The molecule has 2 aromatic rings. The second kappa shape index (κ2) is 5.12. The number of halogens is 2. The molecule has 0 unspecified atom stereocenters. The maximum atomic E-state index is 11.8. The van der Waals surface area contributed by atoms with Gasteiger partial charge in [-0.3, -0.25) is 4.79 Å². The van der Waals surface area contributed by atoms with Gasteiger partial charge in [-0.2, -0.15) is 0 Å². The minimum absolute atomic E-state index is 0.246. The summed E-state index contributed by atoms with van der Waals surface area (Å²) in [7, 11) is 0. The Morgan fingerprint density at radius 2 is 1.88 bits per heavy atom. The van der Waals surface area contributed by atoms with Gasteiger partial charge in [0.1, 0.15) is 12.0 Å². The van der Waals surface area contributed by atoms with E-state index in [4.69, 9.17) is 23.2 Å². The molecule has 86 valence electrons. The molecule has 0 bridgehead atoms. The standard InChI is InChI=1S/C11H7Cl2N3O/c12-7-2-1-3-8(13)10(7)16-11(17)9-4-5-14-6-15-9/h1-6H,(H,16,17). The molecule has 0 fully saturated rings. The smallest absolute Gasteiger partial charge is 0.274 e. The predicted molar refractivity (Wildman–Crippen MR) is 66.4 cm³/mol. The first-order valence-corrected chi connectivity index (χ1v) is 5.45. The Labute approximate surface area is 108 Å². The summed E-state index contributed by atoms with van der Waals surface area (Å²) in [6.45, 7) is 0. The van der Waals surface area contributed by atoms with Crippen LogP contribution in [0.1, 0.15) is 10.5 Å². The summed E-state index contributed by atoms with van der Waals surface area (Å²) >= 11 is 11.9. The number of anilines is 1. The zero-order chi connectivity index (χ0) is 12.3. The van der Waals surface area contributed by atoms with E-state index in [2.05, 4.69) is 15.3 Å². The van der Waals surface area contributed by atoms with Gasteiger partial charge in [0.2, 0.25) is 0 Å². The number of hydrogen-bond donors (Lipinski definition) is 1. The van der Waals surface area contributed by atoms with Crippen LogP contribution in [0.3, 0.4) is 0 Å². The van der Waals surface area contributed by atoms with E-state index < -0.39 is 0 Å². The highest BCUT2D eigenvalue weighted by molar-refractivity contribution is 6.39. The van der Waals surface area contributed by atoms with Crippen LogP contribution >= 0.6 is 23.2 Å². The number of para-hydroxylation sites is 1. The molecule has 1 aromatic heterocycles. The van der Waals surface area contributed by atoms with E-state index in [1.807, 2.05) is 0 Å². The van der Waals surface area contributed by atoms with Crippen molar-refractivity contribution in [3.05, 3.63) is 52.5 Å². The molecular weight excluding hydrogens is 261 g/mol. The van der Waals surface area contributed by atoms with E-state index in [-0.39, 0.29) is 11.6 Å². The third-order valence-electron chi connectivity index (χ3n) is 2.02. The monoisotopic (exact) mass is 267 g/mol. The highest BCUT2D eigenvalue weighted by atomic mass is 35.5. The van der Waals surface area contributed by atoms with Gasteiger partial charge in [0.25, 0.3) is 5.91 Å². The van der Waals surface area contributed by atoms with Gasteiger partial charge in [-0.1, -0.05) is 29.3 Å². The van der Waals surface area contributed by atoms with Crippen LogP contribution in [0, 0.1) is 0 Å². The van der Waals surface area contributed by atoms with E-state index in [1.165, 1.54) is 18.6 Å². The Hall–Kier alpha value is -1.65. The molecule has 0 saturated heterocycles. The van der Waals surface area contributed by atoms with Crippen LogP contribution in [-0.2, 0) is 0 Å². The number of carbonyl (C=O) groups is 1. The Bertz CT molecular complexity index is 525. The van der Waals surface area contributed by atoms with Crippen LogP contribution in [0.4, 0.5) is 5.69 Å². The van der Waals surface area contributed by atoms with Crippen LogP contribution in [0.5, 0.6) is 0 Å². The third kappa shape index (κ3) is 2.72. The summed E-state index contributed by atoms with van der Waals surface area (Å²) < 4.78 is 0. The number of amides is 1. The molecule has 17 heavy (non-hydrogen) atoms. The van der Waals surface area contributed by atoms with Gasteiger partial charge in [0.15, 0.2) is 0 Å². The van der Waals surface area contributed by atoms with Crippen molar-refractivity contribution >= 4 is 34.8 Å². The van der Waals surface area contributed by atoms with Crippen molar-refractivity contribution in [3.8, 4) is 0 Å². The van der Waals surface area contributed by atoms with Crippen molar-refractivity contribution in [2.24, 2.45) is 0 Å². The Morgan fingerprint density at radius 1 is 1.18 bits per heavy atom. The zero-order valence-corrected chi connectivity index (χ0v) is 10.0. The summed E-state index contributed by atoms with van der Waals surface area (Å²) in [6, 6.07) is 6.48. The number of hydrogen-bond acceptors (Lipinski definition) is 3. The molecule has 0 aliphatic heterocycles. The quantitative estimate of drug-likeness (QED) is 0.910. The molecule has 0 spiro atoms. The molecule has 6 heteroatoms. The number of nitrogens with one attached hydrogen (secondary N) is 1. The molecule has 1 N–H and O–H groups in total. The number of aromatic nitrogens is 2. The van der Waals surface area contributed by atoms with Crippen molar-refractivity contribution in [2.75, 3.05) is 5.32 Å². The van der Waals surface area contributed by atoms with Gasteiger partial charge in [-0.25, -0.2) is 9.97 Å². The van der Waals surface area contributed by atoms with Gasteiger partial charge in [-0.05, 0) is 18.2 Å². The average Bonchev–Trinajstić information content (AvgIpc) is 2.35. The Balaban J connectivity index is 2.25. The predicted octanol–water partition coefficient (Wildman–Crippen LogP) is 3.04. The van der Waals surface area contributed by atoms with Gasteiger partial charge < -0.3 is 5.32 Å². The van der Waals surface area contributed by atoms with Crippen molar-refractivity contribution in [1.29, 1.82) is 0 Å². The normalized spacial score (nSPS) is 10.0. The molecule has 0 aliphatic rings. The first-order valence-electron chi connectivity index (χ1n) is 4.70. The van der Waals surface area contributed by atoms with Crippen molar-refractivity contribution in [2.45, 2.75) is 0 Å². The summed E-state index contributed by atoms with van der Waals surface area (Å²) in [5.41, 5.74) is 0.621. The lowest BCUT2D eigenvalue weighted by atomic mass is 10.3. The lowest BCUT2D eigenvalue weighted by Gasteiger charge is -2.08. The minimum Gasteiger partial charge on any atom is -0.318 e. The number of rotatable bonds is 2. The molecule has 4 nitrogen and oxygen atoms in total. The van der Waals surface area contributed by atoms with E-state index in [9.17, 15) is 4.79 Å². The minimum atomic E-state index is -0.387. The zero-order valence-electron chi connectivity index (χ0n) is 8.52. The summed E-state index contributed by atoms with van der Waals surface area (Å²) in [5, 5.41) is 3.35. The maximum absolute atomic E-state index is 11.8.